The monoisotopic (exact) mass is 506 g/mol. The number of nitrogens with two attached hydrogens (primary N) is 1. The fraction of sp³-hybridized carbons (Fsp3) is 0.423. The average molecular weight is 507 g/mol. The summed E-state index contributed by atoms with van der Waals surface area (Å²) in [4.78, 5) is 30.9. The first-order valence-corrected chi connectivity index (χ1v) is 12.7. The molecule has 9 nitrogen and oxygen atoms in total. The van der Waals surface area contributed by atoms with Gasteiger partial charge >= 0.3 is 0 Å². The maximum absolute atomic E-state index is 11.6. The van der Waals surface area contributed by atoms with E-state index in [0.717, 1.165) is 42.6 Å². The molecule has 1 aromatic carbocycles. The summed E-state index contributed by atoms with van der Waals surface area (Å²) in [6.45, 7) is 10.8. The summed E-state index contributed by atoms with van der Waals surface area (Å²) in [5.41, 5.74) is 6.94. The van der Waals surface area contributed by atoms with Crippen molar-refractivity contribution in [2.75, 3.05) is 36.4 Å². The Balaban J connectivity index is 1.84. The number of terminal acetylenes is 1. The van der Waals surface area contributed by atoms with Crippen molar-refractivity contribution in [3.63, 3.8) is 0 Å². The Morgan fingerprint density at radius 1 is 1.25 bits per heavy atom. The Hall–Kier alpha value is -3.42. The van der Waals surface area contributed by atoms with Gasteiger partial charge in [0.15, 0.2) is 11.0 Å². The third-order valence-corrected chi connectivity index (χ3v) is 6.67. The zero-order chi connectivity index (χ0) is 26.3. The predicted molar refractivity (Wildman–Crippen MR) is 148 cm³/mol. The molecule has 0 aliphatic carbocycles. The van der Waals surface area contributed by atoms with Crippen molar-refractivity contribution in [2.45, 2.75) is 56.1 Å². The lowest BCUT2D eigenvalue weighted by atomic mass is 10.0. The molecular formula is C26H34N8OS. The minimum atomic E-state index is -0.296. The smallest absolute Gasteiger partial charge is 0.224 e. The van der Waals surface area contributed by atoms with E-state index in [1.807, 2.05) is 37.3 Å². The van der Waals surface area contributed by atoms with Crippen LogP contribution in [0.3, 0.4) is 0 Å². The van der Waals surface area contributed by atoms with Gasteiger partial charge in [0.05, 0.1) is 5.54 Å². The van der Waals surface area contributed by atoms with Crippen LogP contribution in [0, 0.1) is 17.8 Å². The molecule has 2 aromatic rings. The molecule has 36 heavy (non-hydrogen) atoms. The van der Waals surface area contributed by atoms with Crippen LogP contribution in [0.1, 0.15) is 40.5 Å². The van der Waals surface area contributed by atoms with Crippen molar-refractivity contribution in [3.8, 4) is 12.3 Å². The van der Waals surface area contributed by atoms with Crippen LogP contribution in [-0.2, 0) is 4.79 Å². The molecular weight excluding hydrogens is 472 g/mol. The summed E-state index contributed by atoms with van der Waals surface area (Å²) in [5.74, 6) is 4.41. The molecule has 190 valence electrons. The van der Waals surface area contributed by atoms with Gasteiger partial charge in [-0.25, -0.2) is 15.0 Å². The minimum Gasteiger partial charge on any atom is -0.387 e. The number of carbonyl (C=O) groups is 1. The zero-order valence-electron chi connectivity index (χ0n) is 21.3. The Morgan fingerprint density at radius 2 is 1.92 bits per heavy atom. The van der Waals surface area contributed by atoms with Gasteiger partial charge in [-0.05, 0) is 56.8 Å². The summed E-state index contributed by atoms with van der Waals surface area (Å²) in [7, 11) is 0. The van der Waals surface area contributed by atoms with Crippen molar-refractivity contribution < 1.29 is 4.79 Å². The SMILES string of the molecule is C#CC(C)(C)N1CCN(c2cc(N=C(N)CC(C)=N)nc(Sc3ccc(NC(=O)CC)cc3)n2)CC1. The maximum atomic E-state index is 11.6. The number of hydrogen-bond donors (Lipinski definition) is 3. The quantitative estimate of drug-likeness (QED) is 0.204. The molecule has 0 radical (unpaired) electrons. The molecule has 1 aliphatic rings. The van der Waals surface area contributed by atoms with Gasteiger partial charge < -0.3 is 21.4 Å². The van der Waals surface area contributed by atoms with E-state index in [2.05, 4.69) is 44.9 Å². The van der Waals surface area contributed by atoms with Crippen LogP contribution in [0.4, 0.5) is 17.3 Å². The zero-order valence-corrected chi connectivity index (χ0v) is 22.2. The van der Waals surface area contributed by atoms with Gasteiger partial charge in [0.1, 0.15) is 11.7 Å². The number of aromatic nitrogens is 2. The van der Waals surface area contributed by atoms with Crippen LogP contribution in [0.5, 0.6) is 0 Å². The maximum Gasteiger partial charge on any atom is 0.224 e. The molecule has 1 aromatic heterocycles. The lowest BCUT2D eigenvalue weighted by Crippen LogP contribution is -2.54. The lowest BCUT2D eigenvalue weighted by Gasteiger charge is -2.41. The second-order valence-electron chi connectivity index (χ2n) is 9.13. The Labute approximate surface area is 217 Å². The molecule has 0 bridgehead atoms. The van der Waals surface area contributed by atoms with E-state index in [9.17, 15) is 4.79 Å². The van der Waals surface area contributed by atoms with Crippen molar-refractivity contribution >= 4 is 46.5 Å². The molecule has 3 rings (SSSR count). The van der Waals surface area contributed by atoms with E-state index >= 15 is 0 Å². The van der Waals surface area contributed by atoms with Gasteiger partial charge in [-0.3, -0.25) is 9.69 Å². The largest absolute Gasteiger partial charge is 0.387 e. The molecule has 2 heterocycles. The van der Waals surface area contributed by atoms with Crippen LogP contribution < -0.4 is 16.0 Å². The van der Waals surface area contributed by atoms with Gasteiger partial charge in [-0.2, -0.15) is 0 Å². The molecule has 0 spiro atoms. The number of amidine groups is 1. The van der Waals surface area contributed by atoms with Gasteiger partial charge in [-0.1, -0.05) is 12.8 Å². The van der Waals surface area contributed by atoms with Crippen LogP contribution in [0.15, 0.2) is 45.4 Å². The van der Waals surface area contributed by atoms with Crippen molar-refractivity contribution in [1.29, 1.82) is 5.41 Å². The van der Waals surface area contributed by atoms with Gasteiger partial charge in [0, 0.05) is 61.4 Å². The first kappa shape index (κ1) is 27.2. The minimum absolute atomic E-state index is 0.0302. The molecule has 1 amide bonds. The number of hydrogen-bond acceptors (Lipinski definition) is 8. The van der Waals surface area contributed by atoms with Crippen molar-refractivity contribution in [1.82, 2.24) is 14.9 Å². The Bertz CT molecular complexity index is 1160. The Kier molecular flexibility index (Phi) is 9.07. The molecule has 0 unspecified atom stereocenters. The fourth-order valence-electron chi connectivity index (χ4n) is 3.67. The van der Waals surface area contributed by atoms with Gasteiger partial charge in [-0.15, -0.1) is 6.42 Å². The number of amides is 1. The molecule has 0 atom stereocenters. The van der Waals surface area contributed by atoms with Crippen LogP contribution in [-0.4, -0.2) is 64.0 Å². The highest BCUT2D eigenvalue weighted by Crippen LogP contribution is 2.30. The molecule has 0 saturated carbocycles. The summed E-state index contributed by atoms with van der Waals surface area (Å²) < 4.78 is 0. The number of anilines is 2. The number of piperazine rings is 1. The highest BCUT2D eigenvalue weighted by Gasteiger charge is 2.28. The van der Waals surface area contributed by atoms with Gasteiger partial charge in [0.25, 0.3) is 0 Å². The standard InChI is InChI=1S/C26H34N8OS/c1-6-24(35)29-19-8-10-20(11-9-19)36-25-31-22(30-21(28)16-18(3)27)17-23(32-25)33-12-14-34(15-13-33)26(4,5)7-2/h2,8-11,17,27H,6,12-16H2,1,3-5H3,(H,29,35)(H2,28,30,31,32). The summed E-state index contributed by atoms with van der Waals surface area (Å²) in [6.07, 6.45) is 6.44. The first-order valence-electron chi connectivity index (χ1n) is 11.9. The molecule has 1 aliphatic heterocycles. The number of benzene rings is 1. The molecule has 1 saturated heterocycles. The fourth-order valence-corrected chi connectivity index (χ4v) is 4.43. The first-order chi connectivity index (χ1) is 17.1. The van der Waals surface area contributed by atoms with Crippen molar-refractivity contribution in [3.05, 3.63) is 30.3 Å². The Morgan fingerprint density at radius 3 is 2.50 bits per heavy atom. The third-order valence-electron chi connectivity index (χ3n) is 5.80. The van der Waals surface area contributed by atoms with Crippen LogP contribution in [0.2, 0.25) is 0 Å². The van der Waals surface area contributed by atoms with Crippen LogP contribution in [0.25, 0.3) is 0 Å². The predicted octanol–water partition coefficient (Wildman–Crippen LogP) is 3.93. The van der Waals surface area contributed by atoms with E-state index < -0.39 is 0 Å². The number of aliphatic imine (C=N–C) groups is 1. The summed E-state index contributed by atoms with van der Waals surface area (Å²) in [5, 5.41) is 11.1. The summed E-state index contributed by atoms with van der Waals surface area (Å²) in [6, 6.07) is 9.39. The second-order valence-corrected chi connectivity index (χ2v) is 10.2. The van der Waals surface area contributed by atoms with E-state index in [1.54, 1.807) is 6.92 Å². The molecule has 10 heteroatoms. The third kappa shape index (κ3) is 7.54. The highest BCUT2D eigenvalue weighted by atomic mass is 32.2. The van der Waals surface area contributed by atoms with E-state index in [0.29, 0.717) is 28.9 Å². The van der Waals surface area contributed by atoms with E-state index in [1.165, 1.54) is 11.8 Å². The van der Waals surface area contributed by atoms with E-state index in [-0.39, 0.29) is 17.9 Å². The van der Waals surface area contributed by atoms with Crippen molar-refractivity contribution in [2.24, 2.45) is 10.7 Å². The average Bonchev–Trinajstić information content (AvgIpc) is 2.84. The van der Waals surface area contributed by atoms with Gasteiger partial charge in [0.2, 0.25) is 5.91 Å². The second kappa shape index (κ2) is 12.0. The molecule has 4 N–H and O–H groups in total. The molecule has 1 fully saturated rings. The lowest BCUT2D eigenvalue weighted by molar-refractivity contribution is -0.115. The number of nitrogens with one attached hydrogen (secondary N) is 2. The number of rotatable bonds is 9. The van der Waals surface area contributed by atoms with Crippen LogP contribution >= 0.6 is 11.8 Å². The topological polar surface area (TPSA) is 124 Å². The summed E-state index contributed by atoms with van der Waals surface area (Å²) >= 11 is 1.41. The number of carbonyl (C=O) groups excluding carboxylic acids is 1. The number of nitrogens with zero attached hydrogens (tertiary/aromatic N) is 5. The normalized spacial score (nSPS) is 14.9. The highest BCUT2D eigenvalue weighted by molar-refractivity contribution is 7.99. The van der Waals surface area contributed by atoms with E-state index in [4.69, 9.17) is 22.6 Å².